The first kappa shape index (κ1) is 20.0. The number of hydrogen-bond donors (Lipinski definition) is 1. The number of fused-ring (bicyclic) bond motifs is 2. The summed E-state index contributed by atoms with van der Waals surface area (Å²) in [5.74, 6) is 0.220. The van der Waals surface area contributed by atoms with Crippen LogP contribution in [0, 0.1) is 5.82 Å². The van der Waals surface area contributed by atoms with Crippen LogP contribution in [0.5, 0.6) is 0 Å². The number of hydrogen-bond acceptors (Lipinski definition) is 5. The number of nitrogens with zero attached hydrogens (tertiary/aromatic N) is 5. The number of aryl methyl sites for hydroxylation is 1. The lowest BCUT2D eigenvalue weighted by Crippen LogP contribution is -2.35. The van der Waals surface area contributed by atoms with Crippen LogP contribution in [0.2, 0.25) is 0 Å². The lowest BCUT2D eigenvalue weighted by atomic mass is 10.1. The van der Waals surface area contributed by atoms with Gasteiger partial charge in [0.15, 0.2) is 0 Å². The highest BCUT2D eigenvalue weighted by atomic mass is 19.1. The number of rotatable bonds is 4. The van der Waals surface area contributed by atoms with Crippen LogP contribution in [-0.4, -0.2) is 36.3 Å². The Morgan fingerprint density at radius 1 is 1.06 bits per heavy atom. The van der Waals surface area contributed by atoms with Gasteiger partial charge in [0.1, 0.15) is 11.6 Å². The first-order valence-corrected chi connectivity index (χ1v) is 10.5. The predicted octanol–water partition coefficient (Wildman–Crippen LogP) is 2.31. The third kappa shape index (κ3) is 4.01. The Morgan fingerprint density at radius 2 is 1.84 bits per heavy atom. The summed E-state index contributed by atoms with van der Waals surface area (Å²) in [5, 5.41) is 7.55. The Balaban J connectivity index is 1.26. The molecule has 3 heterocycles. The Morgan fingerprint density at radius 3 is 2.66 bits per heavy atom. The molecule has 0 bridgehead atoms. The van der Waals surface area contributed by atoms with Crippen LogP contribution in [0.3, 0.4) is 0 Å². The molecular formula is C23H21FN6O2. The maximum atomic E-state index is 13.1. The largest absolute Gasteiger partial charge is 0.349 e. The second-order valence-electron chi connectivity index (χ2n) is 7.89. The van der Waals surface area contributed by atoms with Gasteiger partial charge in [0.25, 0.3) is 5.91 Å². The molecule has 2 aromatic heterocycles. The lowest BCUT2D eigenvalue weighted by molar-refractivity contribution is 0.0933. The van der Waals surface area contributed by atoms with Crippen LogP contribution >= 0.6 is 0 Å². The van der Waals surface area contributed by atoms with Crippen molar-refractivity contribution in [1.82, 2.24) is 29.6 Å². The molecule has 0 spiro atoms. The molecule has 1 amide bonds. The summed E-state index contributed by atoms with van der Waals surface area (Å²) in [5.41, 5.74) is 2.56. The molecule has 4 aromatic rings. The fraction of sp³-hybridized carbons (Fsp3) is 0.261. The van der Waals surface area contributed by atoms with Crippen molar-refractivity contribution in [3.05, 3.63) is 88.1 Å². The summed E-state index contributed by atoms with van der Waals surface area (Å²) >= 11 is 0. The average Bonchev–Trinajstić information content (AvgIpc) is 2.97. The predicted molar refractivity (Wildman–Crippen MR) is 116 cm³/mol. The third-order valence-corrected chi connectivity index (χ3v) is 5.73. The second-order valence-corrected chi connectivity index (χ2v) is 7.89. The quantitative estimate of drug-likeness (QED) is 0.534. The first-order valence-electron chi connectivity index (χ1n) is 10.5. The molecule has 8 nitrogen and oxygen atoms in total. The topological polar surface area (TPSA) is 94.7 Å². The summed E-state index contributed by atoms with van der Waals surface area (Å²) in [6, 6.07) is 11.2. The number of carbonyl (C=O) groups is 1. The zero-order valence-electron chi connectivity index (χ0n) is 17.2. The van der Waals surface area contributed by atoms with Gasteiger partial charge in [-0.25, -0.2) is 13.9 Å². The normalized spacial score (nSPS) is 15.8. The van der Waals surface area contributed by atoms with E-state index < -0.39 is 0 Å². The van der Waals surface area contributed by atoms with E-state index in [-0.39, 0.29) is 23.5 Å². The molecule has 5 rings (SSSR count). The molecule has 162 valence electrons. The Hall–Kier alpha value is -3.88. The van der Waals surface area contributed by atoms with Crippen molar-refractivity contribution in [2.75, 3.05) is 0 Å². The number of benzene rings is 2. The Bertz CT molecular complexity index is 1340. The van der Waals surface area contributed by atoms with E-state index in [1.807, 2.05) is 0 Å². The molecule has 0 fully saturated rings. The van der Waals surface area contributed by atoms with Crippen LogP contribution < -0.4 is 11.0 Å². The fourth-order valence-corrected chi connectivity index (χ4v) is 4.01. The monoisotopic (exact) mass is 432 g/mol. The zero-order valence-corrected chi connectivity index (χ0v) is 17.2. The molecular weight excluding hydrogens is 411 g/mol. The minimum atomic E-state index is -0.313. The standard InChI is InChI=1S/C23H21FN6O2/c24-17-4-1-15(2-5-17)14-30-23(32)29-12-9-18(6-8-21(29)28-30)27-22(31)16-3-7-19-20(13-16)26-11-10-25-19/h1-5,7,10-11,13,18H,6,8-9,12,14H2,(H,27,31). The number of amides is 1. The number of carbonyl (C=O) groups excluding carboxylic acids is 1. The molecule has 0 saturated heterocycles. The van der Waals surface area contributed by atoms with Gasteiger partial charge >= 0.3 is 5.69 Å². The highest BCUT2D eigenvalue weighted by Gasteiger charge is 2.22. The highest BCUT2D eigenvalue weighted by Crippen LogP contribution is 2.15. The Kier molecular flexibility index (Phi) is 5.22. The fourth-order valence-electron chi connectivity index (χ4n) is 4.01. The molecule has 2 aromatic carbocycles. The molecule has 32 heavy (non-hydrogen) atoms. The smallest absolute Gasteiger partial charge is 0.346 e. The number of aromatic nitrogens is 5. The van der Waals surface area contributed by atoms with Crippen LogP contribution in [-0.2, 0) is 19.5 Å². The van der Waals surface area contributed by atoms with E-state index in [9.17, 15) is 14.0 Å². The van der Waals surface area contributed by atoms with E-state index >= 15 is 0 Å². The van der Waals surface area contributed by atoms with E-state index in [1.165, 1.54) is 16.8 Å². The number of halogens is 1. The summed E-state index contributed by atoms with van der Waals surface area (Å²) in [6.45, 7) is 0.774. The lowest BCUT2D eigenvalue weighted by Gasteiger charge is -2.16. The number of nitrogens with one attached hydrogen (secondary N) is 1. The van der Waals surface area contributed by atoms with Gasteiger partial charge in [0.05, 0.1) is 17.6 Å². The van der Waals surface area contributed by atoms with Gasteiger partial charge in [-0.05, 0) is 48.7 Å². The van der Waals surface area contributed by atoms with Crippen molar-refractivity contribution in [1.29, 1.82) is 0 Å². The van der Waals surface area contributed by atoms with E-state index in [0.717, 1.165) is 11.1 Å². The molecule has 0 radical (unpaired) electrons. The summed E-state index contributed by atoms with van der Waals surface area (Å²) in [4.78, 5) is 34.0. The van der Waals surface area contributed by atoms with Crippen molar-refractivity contribution in [3.63, 3.8) is 0 Å². The maximum Gasteiger partial charge on any atom is 0.346 e. The van der Waals surface area contributed by atoms with E-state index in [4.69, 9.17) is 0 Å². The minimum Gasteiger partial charge on any atom is -0.349 e. The second kappa shape index (κ2) is 8.33. The first-order chi connectivity index (χ1) is 15.6. The molecule has 0 aliphatic carbocycles. The van der Waals surface area contributed by atoms with Gasteiger partial charge < -0.3 is 5.32 Å². The highest BCUT2D eigenvalue weighted by molar-refractivity contribution is 5.97. The van der Waals surface area contributed by atoms with Crippen molar-refractivity contribution in [2.45, 2.75) is 38.4 Å². The zero-order chi connectivity index (χ0) is 22.1. The third-order valence-electron chi connectivity index (χ3n) is 5.73. The van der Waals surface area contributed by atoms with Crippen molar-refractivity contribution in [3.8, 4) is 0 Å². The minimum absolute atomic E-state index is 0.0632. The van der Waals surface area contributed by atoms with Gasteiger partial charge in [-0.2, -0.15) is 5.10 Å². The van der Waals surface area contributed by atoms with Crippen molar-refractivity contribution < 1.29 is 9.18 Å². The molecule has 1 aliphatic heterocycles. The molecule has 1 unspecified atom stereocenters. The molecule has 1 N–H and O–H groups in total. The van der Waals surface area contributed by atoms with Crippen LogP contribution in [0.1, 0.15) is 34.6 Å². The summed E-state index contributed by atoms with van der Waals surface area (Å²) in [6.07, 6.45) is 5.12. The maximum absolute atomic E-state index is 13.1. The van der Waals surface area contributed by atoms with Crippen LogP contribution in [0.15, 0.2) is 59.7 Å². The Labute approximate surface area is 182 Å². The van der Waals surface area contributed by atoms with Gasteiger partial charge in [0.2, 0.25) is 0 Å². The van der Waals surface area contributed by atoms with Crippen LogP contribution in [0.25, 0.3) is 11.0 Å². The molecule has 1 aliphatic rings. The van der Waals surface area contributed by atoms with Crippen molar-refractivity contribution >= 4 is 16.9 Å². The average molecular weight is 432 g/mol. The van der Waals surface area contributed by atoms with Gasteiger partial charge in [-0.3, -0.25) is 19.3 Å². The van der Waals surface area contributed by atoms with Crippen LogP contribution in [0.4, 0.5) is 4.39 Å². The van der Waals surface area contributed by atoms with E-state index in [1.54, 1.807) is 47.3 Å². The summed E-state index contributed by atoms with van der Waals surface area (Å²) in [7, 11) is 0. The molecule has 0 saturated carbocycles. The SMILES string of the molecule is O=C(NC1CCc2nn(Cc3ccc(F)cc3)c(=O)n2CC1)c1ccc2nccnc2c1. The summed E-state index contributed by atoms with van der Waals surface area (Å²) < 4.78 is 16.2. The van der Waals surface area contributed by atoms with Gasteiger partial charge in [-0.1, -0.05) is 12.1 Å². The van der Waals surface area contributed by atoms with Crippen molar-refractivity contribution in [2.24, 2.45) is 0 Å². The molecule has 1 atom stereocenters. The van der Waals surface area contributed by atoms with Gasteiger partial charge in [0, 0.05) is 37.0 Å². The molecule has 9 heteroatoms. The van der Waals surface area contributed by atoms with E-state index in [0.29, 0.717) is 49.3 Å². The van der Waals surface area contributed by atoms with Gasteiger partial charge in [-0.15, -0.1) is 0 Å². The van der Waals surface area contributed by atoms with E-state index in [2.05, 4.69) is 20.4 Å².